The van der Waals surface area contributed by atoms with Crippen molar-refractivity contribution in [2.75, 3.05) is 6.61 Å². The first-order valence-electron chi connectivity index (χ1n) is 32.8. The van der Waals surface area contributed by atoms with Gasteiger partial charge in [-0.15, -0.1) is 90.7 Å². The number of rotatable bonds is 30. The lowest BCUT2D eigenvalue weighted by molar-refractivity contribution is -0.152. The van der Waals surface area contributed by atoms with E-state index in [0.29, 0.717) is 11.4 Å². The minimum absolute atomic E-state index is 0.262. The molecular weight excluding hydrogens is 1470 g/mol. The second-order valence-electron chi connectivity index (χ2n) is 26.7. The molecule has 0 bridgehead atoms. The van der Waals surface area contributed by atoms with Crippen LogP contribution in [-0.2, 0) is 40.0 Å². The molecule has 0 aliphatic heterocycles. The van der Waals surface area contributed by atoms with Gasteiger partial charge in [0.15, 0.2) is 0 Å². The number of fused-ring (bicyclic) bond motifs is 3. The number of aromatic nitrogens is 4. The predicted octanol–water partition coefficient (Wildman–Crippen LogP) is 22.9. The maximum Gasteiger partial charge on any atom is 0.374 e. The molecule has 0 aromatic carbocycles. The molecule has 0 spiro atoms. The van der Waals surface area contributed by atoms with E-state index in [-0.39, 0.29) is 6.61 Å². The van der Waals surface area contributed by atoms with Gasteiger partial charge in [0.05, 0.1) is 69.8 Å². The molecule has 0 saturated heterocycles. The number of hydrogen-bond acceptors (Lipinski definition) is 17. The van der Waals surface area contributed by atoms with Gasteiger partial charge >= 0.3 is 5.97 Å². The fourth-order valence-electron chi connectivity index (χ4n) is 10.9. The molecule has 8 aromatic heterocycles. The molecule has 8 heterocycles. The summed E-state index contributed by atoms with van der Waals surface area (Å²) in [5.74, 6) is -2.34. The van der Waals surface area contributed by atoms with Gasteiger partial charge in [0.1, 0.15) is 40.6 Å². The number of carbonyl (C=O) groups excluding carboxylic acids is 4. The lowest BCUT2D eigenvalue weighted by Gasteiger charge is -2.16. The van der Waals surface area contributed by atoms with Crippen LogP contribution >= 0.6 is 123 Å². The highest BCUT2D eigenvalue weighted by atomic mass is 79.9. The van der Waals surface area contributed by atoms with E-state index >= 15 is 0 Å². The average molecular weight is 1560 g/mol. The molecule has 0 radical (unpaired) electrons. The van der Waals surface area contributed by atoms with E-state index < -0.39 is 47.5 Å². The third kappa shape index (κ3) is 20.0. The lowest BCUT2D eigenvalue weighted by Crippen LogP contribution is -2.37. The first-order chi connectivity index (χ1) is 43.1. The Labute approximate surface area is 594 Å². The van der Waals surface area contributed by atoms with Crippen molar-refractivity contribution in [2.24, 2.45) is 0 Å². The van der Waals surface area contributed by atoms with Crippen LogP contribution in [0.25, 0.3) is 59.0 Å². The van der Waals surface area contributed by atoms with Gasteiger partial charge in [-0.2, -0.15) is 0 Å². The molecular formula is C69H94Br2N4O5S8Si3. The van der Waals surface area contributed by atoms with Gasteiger partial charge < -0.3 is 4.74 Å². The summed E-state index contributed by atoms with van der Waals surface area (Å²) in [4.78, 5) is 76.8. The number of unbranched alkanes of at least 4 members (excludes halogenated alkanes) is 12. The van der Waals surface area contributed by atoms with Gasteiger partial charge in [0, 0.05) is 11.8 Å². The third-order valence-electron chi connectivity index (χ3n) is 15.6. The van der Waals surface area contributed by atoms with Crippen LogP contribution in [0.4, 0.5) is 0 Å². The van der Waals surface area contributed by atoms with E-state index in [0.717, 1.165) is 66.5 Å². The van der Waals surface area contributed by atoms with Crippen LogP contribution in [0.2, 0.25) is 58.9 Å². The quantitative estimate of drug-likeness (QED) is 0.0187. The van der Waals surface area contributed by atoms with Crippen LogP contribution in [0.5, 0.6) is 0 Å². The molecule has 91 heavy (non-hydrogen) atoms. The van der Waals surface area contributed by atoms with Crippen molar-refractivity contribution >= 4 is 184 Å². The number of ketones is 3. The highest BCUT2D eigenvalue weighted by Gasteiger charge is 2.39. The van der Waals surface area contributed by atoms with Crippen molar-refractivity contribution in [1.82, 2.24) is 19.9 Å². The van der Waals surface area contributed by atoms with Gasteiger partial charge in [-0.1, -0.05) is 164 Å². The Morgan fingerprint density at radius 2 is 0.714 bits per heavy atom. The maximum absolute atomic E-state index is 13.3. The molecule has 1 aliphatic carbocycles. The van der Waals surface area contributed by atoms with Crippen molar-refractivity contribution in [3.63, 3.8) is 0 Å². The van der Waals surface area contributed by atoms with Gasteiger partial charge in [-0.25, -0.2) is 24.7 Å². The highest BCUT2D eigenvalue weighted by molar-refractivity contribution is 9.11. The largest absolute Gasteiger partial charge is 0.460 e. The van der Waals surface area contributed by atoms with Crippen LogP contribution in [-0.4, -0.2) is 74.1 Å². The number of ether oxygens (including phenoxy) is 1. The maximum atomic E-state index is 13.3. The molecule has 9 nitrogen and oxygen atoms in total. The molecule has 0 atom stereocenters. The smallest absolute Gasteiger partial charge is 0.374 e. The average Bonchev–Trinajstić information content (AvgIpc) is 1.60. The van der Waals surface area contributed by atoms with E-state index in [1.165, 1.54) is 168 Å². The Bertz CT molecular complexity index is 3640. The highest BCUT2D eigenvalue weighted by Crippen LogP contribution is 2.50. The van der Waals surface area contributed by atoms with Crippen LogP contribution in [0.15, 0.2) is 33.5 Å². The summed E-state index contributed by atoms with van der Waals surface area (Å²) in [6.07, 6.45) is 25.0. The molecule has 0 N–H and O–H groups in total. The number of nitrogens with zero attached hydrogens (tertiary/aromatic N) is 4. The molecule has 8 aromatic rings. The van der Waals surface area contributed by atoms with E-state index in [4.69, 9.17) is 19.9 Å². The molecule has 9 rings (SSSR count). The first-order valence-corrected chi connectivity index (χ1v) is 51.4. The lowest BCUT2D eigenvalue weighted by atomic mass is 10.0. The standard InChI is InChI=1S/C34H46N2O2S4Si2.C30H40Br2N2S4Si.C5H8O3/c1-9-11-13-15-17-21-19-23(39-33(21)43(3,4)5)31-35-25-27(37)28(38)26-30(29(25)41-31)42-32(36-26)24-20-22(18-16-14-12-10-2)34(40-24)44(6,7)8;1-7-9-11-13-15-20-17-22(35-19(20)3)28-33-26(31)24(37-28)25-27(32)34-29(38-25)23-18-21(16-14-12-10-8-2)30(36-23)39(4,5)6;1-3-8-5(7)4(2)6/h19-20H,9-18H2,1-8H3;17-18H,7-16H2,1-6H3;3H2,1-2H3. The SMILES string of the molecule is CCCCCCc1cc(-c2nc(Br)c(-c3sc(-c4cc(CCCCCC)c([Si](C)(C)C)s4)nc3Br)s2)sc1C.CCCCCCc1cc(-c2nc3c(s2)-c2sc(-c4cc(CCCCCC)c([Si](C)(C)C)s4)nc2C(=O)C3=O)sc1[Si](C)(C)C.CCOC(=O)C(C)=O. The molecule has 0 unspecified atom stereocenters. The molecule has 0 amide bonds. The van der Waals surface area contributed by atoms with Crippen LogP contribution < -0.4 is 13.5 Å². The Morgan fingerprint density at radius 1 is 0.418 bits per heavy atom. The van der Waals surface area contributed by atoms with E-state index in [2.05, 4.69) is 154 Å². The van der Waals surface area contributed by atoms with E-state index in [1.807, 2.05) is 45.3 Å². The minimum atomic E-state index is -1.54. The summed E-state index contributed by atoms with van der Waals surface area (Å²) in [7, 11) is -4.51. The number of aryl methyl sites for hydroxylation is 5. The summed E-state index contributed by atoms with van der Waals surface area (Å²) in [5.41, 5.74) is 6.60. The van der Waals surface area contributed by atoms with Gasteiger partial charge in [0.25, 0.3) is 11.6 Å². The number of thiophene rings is 4. The fraction of sp³-hybridized carbons (Fsp3) is 0.536. The number of carbonyl (C=O) groups is 4. The van der Waals surface area contributed by atoms with E-state index in [9.17, 15) is 19.2 Å². The first kappa shape index (κ1) is 75.8. The second kappa shape index (κ2) is 34.6. The summed E-state index contributed by atoms with van der Waals surface area (Å²) in [5, 5.41) is 3.92. The van der Waals surface area contributed by atoms with Crippen molar-refractivity contribution in [3.8, 4) is 59.0 Å². The number of halogens is 2. The zero-order valence-electron chi connectivity index (χ0n) is 56.5. The summed E-state index contributed by atoms with van der Waals surface area (Å²) < 4.78 is 10.9. The number of thiazole rings is 4. The Morgan fingerprint density at radius 3 is 1.01 bits per heavy atom. The molecule has 1 aliphatic rings. The monoisotopic (exact) mass is 1560 g/mol. The minimum Gasteiger partial charge on any atom is -0.460 e. The number of Topliss-reactive ketones (excluding diaryl/α,β-unsaturated/α-hetero) is 3. The zero-order valence-corrected chi connectivity index (χ0v) is 69.2. The van der Waals surface area contributed by atoms with Crippen LogP contribution in [0, 0.1) is 6.92 Å². The van der Waals surface area contributed by atoms with Crippen LogP contribution in [0.3, 0.4) is 0 Å². The van der Waals surface area contributed by atoms with Crippen molar-refractivity contribution in [1.29, 1.82) is 0 Å². The topological polar surface area (TPSA) is 129 Å². The summed E-state index contributed by atoms with van der Waals surface area (Å²) >= 11 is 21.9. The normalized spacial score (nSPS) is 12.5. The van der Waals surface area contributed by atoms with Crippen molar-refractivity contribution < 1.29 is 23.9 Å². The van der Waals surface area contributed by atoms with Crippen molar-refractivity contribution in [3.05, 3.63) is 72.0 Å². The number of hydrogen-bond donors (Lipinski definition) is 0. The Kier molecular flexibility index (Phi) is 28.8. The Hall–Kier alpha value is -2.59. The molecule has 494 valence electrons. The third-order valence-corrected chi connectivity index (χ3v) is 38.0. The fourth-order valence-corrected chi connectivity index (χ4v) is 29.2. The Balaban J connectivity index is 0.000000232. The second-order valence-corrected chi connectivity index (χ2v) is 52.7. The van der Waals surface area contributed by atoms with Gasteiger partial charge in [-0.05, 0) is 157 Å². The van der Waals surface area contributed by atoms with Crippen LogP contribution in [0.1, 0.15) is 192 Å². The molecule has 22 heteroatoms. The van der Waals surface area contributed by atoms with Crippen molar-refractivity contribution in [2.45, 2.75) is 236 Å². The predicted molar refractivity (Wildman–Crippen MR) is 416 cm³/mol. The molecule has 0 fully saturated rings. The zero-order chi connectivity index (χ0) is 66.5. The van der Waals surface area contributed by atoms with Gasteiger partial charge in [0.2, 0.25) is 5.78 Å². The number of esters is 1. The molecule has 0 saturated carbocycles. The van der Waals surface area contributed by atoms with Gasteiger partial charge in [-0.3, -0.25) is 14.4 Å². The summed E-state index contributed by atoms with van der Waals surface area (Å²) in [6, 6.07) is 9.47. The summed E-state index contributed by atoms with van der Waals surface area (Å²) in [6.45, 7) is 36.3. The van der Waals surface area contributed by atoms with E-state index in [1.54, 1.807) is 62.3 Å².